The molecule has 0 aliphatic rings. The van der Waals surface area contributed by atoms with Crippen molar-refractivity contribution in [3.05, 3.63) is 35.9 Å². The lowest BCUT2D eigenvalue weighted by Crippen LogP contribution is -2.41. The number of nitrogens with one attached hydrogen (secondary N) is 2. The van der Waals surface area contributed by atoms with Crippen molar-refractivity contribution in [3.63, 3.8) is 0 Å². The van der Waals surface area contributed by atoms with Gasteiger partial charge in [-0.3, -0.25) is 9.59 Å². The van der Waals surface area contributed by atoms with Crippen LogP contribution in [-0.2, 0) is 9.59 Å². The zero-order valence-electron chi connectivity index (χ0n) is 13.1. The number of nitrogens with zero attached hydrogens (tertiary/aromatic N) is 1. The Hall–Kier alpha value is -1.88. The summed E-state index contributed by atoms with van der Waals surface area (Å²) < 4.78 is 0. The Kier molecular flexibility index (Phi) is 7.46. The average Bonchev–Trinajstić information content (AvgIpc) is 2.49. The number of amides is 2. The van der Waals surface area contributed by atoms with Crippen LogP contribution in [0.1, 0.15) is 24.8 Å². The van der Waals surface area contributed by atoms with Crippen molar-refractivity contribution in [2.45, 2.75) is 19.3 Å². The molecule has 2 N–H and O–H groups in total. The molecule has 1 aromatic rings. The van der Waals surface area contributed by atoms with Gasteiger partial charge in [0, 0.05) is 13.1 Å². The SMILES string of the molecule is C[C@H](CNC(=O)C(=O)NCCCN(C)C)c1ccccc1. The lowest BCUT2D eigenvalue weighted by Gasteiger charge is -2.13. The Morgan fingerprint density at radius 1 is 1.10 bits per heavy atom. The van der Waals surface area contributed by atoms with Gasteiger partial charge in [0.15, 0.2) is 0 Å². The summed E-state index contributed by atoms with van der Waals surface area (Å²) >= 11 is 0. The standard InChI is InChI=1S/C16H25N3O2/c1-13(14-8-5-4-6-9-14)12-18-16(21)15(20)17-10-7-11-19(2)3/h4-6,8-9,13H,7,10-12H2,1-3H3,(H,17,20)(H,18,21)/t13-/m1/s1. The molecule has 0 heterocycles. The summed E-state index contributed by atoms with van der Waals surface area (Å²) in [6.45, 7) is 3.87. The molecule has 2 amide bonds. The van der Waals surface area contributed by atoms with Crippen LogP contribution in [0.2, 0.25) is 0 Å². The summed E-state index contributed by atoms with van der Waals surface area (Å²) in [5.74, 6) is -0.951. The van der Waals surface area contributed by atoms with E-state index in [9.17, 15) is 9.59 Å². The van der Waals surface area contributed by atoms with Gasteiger partial charge >= 0.3 is 11.8 Å². The molecule has 0 aromatic heterocycles. The molecule has 0 radical (unpaired) electrons. The summed E-state index contributed by atoms with van der Waals surface area (Å²) in [6.07, 6.45) is 0.826. The molecule has 0 unspecified atom stereocenters. The lowest BCUT2D eigenvalue weighted by molar-refractivity contribution is -0.139. The first kappa shape index (κ1) is 17.2. The Morgan fingerprint density at radius 2 is 1.71 bits per heavy atom. The summed E-state index contributed by atoms with van der Waals surface area (Å²) in [5.41, 5.74) is 1.14. The highest BCUT2D eigenvalue weighted by Crippen LogP contribution is 2.12. The van der Waals surface area contributed by atoms with Crippen LogP contribution >= 0.6 is 0 Å². The minimum absolute atomic E-state index is 0.177. The van der Waals surface area contributed by atoms with Gasteiger partial charge in [-0.05, 0) is 38.5 Å². The van der Waals surface area contributed by atoms with Crippen molar-refractivity contribution in [2.75, 3.05) is 33.7 Å². The fourth-order valence-corrected chi connectivity index (χ4v) is 1.90. The number of hydrogen-bond donors (Lipinski definition) is 2. The van der Waals surface area contributed by atoms with Crippen LogP contribution in [0.3, 0.4) is 0 Å². The molecule has 21 heavy (non-hydrogen) atoms. The van der Waals surface area contributed by atoms with Gasteiger partial charge in [-0.2, -0.15) is 0 Å². The molecule has 0 aliphatic carbocycles. The number of carbonyl (C=O) groups is 2. The van der Waals surface area contributed by atoms with Gasteiger partial charge in [0.2, 0.25) is 0 Å². The smallest absolute Gasteiger partial charge is 0.309 e. The van der Waals surface area contributed by atoms with Gasteiger partial charge in [0.25, 0.3) is 0 Å². The molecule has 0 saturated carbocycles. The third-order valence-electron chi connectivity index (χ3n) is 3.21. The summed E-state index contributed by atoms with van der Waals surface area (Å²) in [5, 5.41) is 5.29. The van der Waals surface area contributed by atoms with Gasteiger partial charge in [-0.15, -0.1) is 0 Å². The molecule has 1 rings (SSSR count). The van der Waals surface area contributed by atoms with Crippen molar-refractivity contribution in [3.8, 4) is 0 Å². The van der Waals surface area contributed by atoms with E-state index < -0.39 is 11.8 Å². The van der Waals surface area contributed by atoms with Gasteiger partial charge in [0.1, 0.15) is 0 Å². The zero-order valence-corrected chi connectivity index (χ0v) is 13.1. The molecule has 116 valence electrons. The Balaban J connectivity index is 2.25. The van der Waals surface area contributed by atoms with Gasteiger partial charge in [-0.1, -0.05) is 37.3 Å². The average molecular weight is 291 g/mol. The van der Waals surface area contributed by atoms with E-state index >= 15 is 0 Å². The second-order valence-corrected chi connectivity index (χ2v) is 5.43. The third-order valence-corrected chi connectivity index (χ3v) is 3.21. The quantitative estimate of drug-likeness (QED) is 0.581. The molecule has 5 nitrogen and oxygen atoms in total. The Bertz CT molecular complexity index is 446. The first-order chi connectivity index (χ1) is 10.0. The second kappa shape index (κ2) is 9.13. The molecule has 1 atom stereocenters. The first-order valence-electron chi connectivity index (χ1n) is 7.26. The highest BCUT2D eigenvalue weighted by molar-refractivity contribution is 6.35. The molecule has 0 aliphatic heterocycles. The monoisotopic (exact) mass is 291 g/mol. The van der Waals surface area contributed by atoms with Crippen molar-refractivity contribution in [1.82, 2.24) is 15.5 Å². The van der Waals surface area contributed by atoms with Crippen LogP contribution in [0, 0.1) is 0 Å². The van der Waals surface area contributed by atoms with E-state index in [1.165, 1.54) is 0 Å². The summed E-state index contributed by atoms with van der Waals surface area (Å²) in [4.78, 5) is 25.3. The second-order valence-electron chi connectivity index (χ2n) is 5.43. The Labute approximate surface area is 126 Å². The van der Waals surface area contributed by atoms with Crippen molar-refractivity contribution in [2.24, 2.45) is 0 Å². The number of benzene rings is 1. The fraction of sp³-hybridized carbons (Fsp3) is 0.500. The predicted octanol–water partition coefficient (Wildman–Crippen LogP) is 0.974. The van der Waals surface area contributed by atoms with Crippen LogP contribution < -0.4 is 10.6 Å². The van der Waals surface area contributed by atoms with Crippen LogP contribution in [0.4, 0.5) is 0 Å². The van der Waals surface area contributed by atoms with E-state index in [1.807, 2.05) is 56.3 Å². The minimum atomic E-state index is -0.567. The highest BCUT2D eigenvalue weighted by Gasteiger charge is 2.14. The zero-order chi connectivity index (χ0) is 15.7. The molecule has 1 aromatic carbocycles. The summed E-state index contributed by atoms with van der Waals surface area (Å²) in [6, 6.07) is 9.91. The molecule has 5 heteroatoms. The maximum Gasteiger partial charge on any atom is 0.309 e. The normalized spacial score (nSPS) is 12.0. The molecular formula is C16H25N3O2. The third kappa shape index (κ3) is 6.90. The lowest BCUT2D eigenvalue weighted by atomic mass is 10.0. The molecular weight excluding hydrogens is 266 g/mol. The predicted molar refractivity (Wildman–Crippen MR) is 84.0 cm³/mol. The molecule has 0 spiro atoms. The van der Waals surface area contributed by atoms with Crippen LogP contribution in [0.25, 0.3) is 0 Å². The van der Waals surface area contributed by atoms with E-state index in [0.717, 1.165) is 18.5 Å². The molecule has 0 bridgehead atoms. The van der Waals surface area contributed by atoms with Crippen LogP contribution in [0.5, 0.6) is 0 Å². The topological polar surface area (TPSA) is 61.4 Å². The van der Waals surface area contributed by atoms with Crippen molar-refractivity contribution >= 4 is 11.8 Å². The van der Waals surface area contributed by atoms with Crippen molar-refractivity contribution < 1.29 is 9.59 Å². The van der Waals surface area contributed by atoms with Gasteiger partial charge < -0.3 is 15.5 Å². The number of carbonyl (C=O) groups excluding carboxylic acids is 2. The highest BCUT2D eigenvalue weighted by atomic mass is 16.2. The van der Waals surface area contributed by atoms with E-state index in [0.29, 0.717) is 13.1 Å². The fourth-order valence-electron chi connectivity index (χ4n) is 1.90. The van der Waals surface area contributed by atoms with Crippen LogP contribution in [0.15, 0.2) is 30.3 Å². The van der Waals surface area contributed by atoms with Gasteiger partial charge in [0.05, 0.1) is 0 Å². The van der Waals surface area contributed by atoms with Crippen LogP contribution in [-0.4, -0.2) is 50.4 Å². The van der Waals surface area contributed by atoms with E-state index in [4.69, 9.17) is 0 Å². The van der Waals surface area contributed by atoms with E-state index in [-0.39, 0.29) is 5.92 Å². The maximum absolute atomic E-state index is 11.7. The largest absolute Gasteiger partial charge is 0.348 e. The number of rotatable bonds is 7. The maximum atomic E-state index is 11.7. The van der Waals surface area contributed by atoms with Crippen molar-refractivity contribution in [1.29, 1.82) is 0 Å². The summed E-state index contributed by atoms with van der Waals surface area (Å²) in [7, 11) is 3.94. The number of hydrogen-bond acceptors (Lipinski definition) is 3. The molecule has 0 fully saturated rings. The molecule has 0 saturated heterocycles. The first-order valence-corrected chi connectivity index (χ1v) is 7.26. The Morgan fingerprint density at radius 3 is 2.33 bits per heavy atom. The van der Waals surface area contributed by atoms with E-state index in [1.54, 1.807) is 0 Å². The van der Waals surface area contributed by atoms with E-state index in [2.05, 4.69) is 10.6 Å². The van der Waals surface area contributed by atoms with Gasteiger partial charge in [-0.25, -0.2) is 0 Å². The minimum Gasteiger partial charge on any atom is -0.348 e.